The van der Waals surface area contributed by atoms with Gasteiger partial charge in [0, 0.05) is 5.56 Å². The third-order valence-electron chi connectivity index (χ3n) is 3.35. The first-order valence-corrected chi connectivity index (χ1v) is 6.52. The minimum atomic E-state index is 0.385. The van der Waals surface area contributed by atoms with E-state index < -0.39 is 0 Å². The summed E-state index contributed by atoms with van der Waals surface area (Å²) in [4.78, 5) is 0. The molecule has 19 heavy (non-hydrogen) atoms. The SMILES string of the molecule is OC1=CCCc2cc(OCc3ccccc3)ccc21. The lowest BCUT2D eigenvalue weighted by molar-refractivity contribution is 0.306. The van der Waals surface area contributed by atoms with Gasteiger partial charge in [-0.05, 0) is 48.2 Å². The molecule has 0 fully saturated rings. The van der Waals surface area contributed by atoms with E-state index in [1.807, 2.05) is 54.6 Å². The molecule has 0 saturated carbocycles. The summed E-state index contributed by atoms with van der Waals surface area (Å²) in [5.41, 5.74) is 3.24. The average Bonchev–Trinajstić information content (AvgIpc) is 2.46. The molecule has 0 aromatic heterocycles. The molecule has 2 aromatic carbocycles. The zero-order valence-corrected chi connectivity index (χ0v) is 10.7. The highest BCUT2D eigenvalue weighted by atomic mass is 16.5. The van der Waals surface area contributed by atoms with Gasteiger partial charge in [0.15, 0.2) is 0 Å². The van der Waals surface area contributed by atoms with Gasteiger partial charge in [-0.2, -0.15) is 0 Å². The summed E-state index contributed by atoms with van der Waals surface area (Å²) in [5.74, 6) is 1.24. The topological polar surface area (TPSA) is 29.5 Å². The first kappa shape index (κ1) is 11.8. The van der Waals surface area contributed by atoms with E-state index in [-0.39, 0.29) is 0 Å². The van der Waals surface area contributed by atoms with Gasteiger partial charge in [0.05, 0.1) is 0 Å². The Morgan fingerprint density at radius 3 is 2.74 bits per heavy atom. The number of hydrogen-bond donors (Lipinski definition) is 1. The van der Waals surface area contributed by atoms with E-state index in [4.69, 9.17) is 4.74 Å². The normalized spacial score (nSPS) is 13.6. The lowest BCUT2D eigenvalue weighted by atomic mass is 9.96. The second-order valence-corrected chi connectivity index (χ2v) is 4.72. The Labute approximate surface area is 113 Å². The first-order valence-electron chi connectivity index (χ1n) is 6.52. The summed E-state index contributed by atoms with van der Waals surface area (Å²) < 4.78 is 5.79. The molecule has 1 aliphatic rings. The van der Waals surface area contributed by atoms with E-state index in [2.05, 4.69) is 0 Å². The maximum absolute atomic E-state index is 9.78. The number of aliphatic hydroxyl groups is 1. The highest BCUT2D eigenvalue weighted by Crippen LogP contribution is 2.28. The highest BCUT2D eigenvalue weighted by molar-refractivity contribution is 5.64. The van der Waals surface area contributed by atoms with Crippen LogP contribution in [-0.4, -0.2) is 5.11 Å². The van der Waals surface area contributed by atoms with E-state index in [1.165, 1.54) is 0 Å². The van der Waals surface area contributed by atoms with Crippen LogP contribution in [0.3, 0.4) is 0 Å². The first-order chi connectivity index (χ1) is 9.33. The van der Waals surface area contributed by atoms with Crippen molar-refractivity contribution in [1.29, 1.82) is 0 Å². The largest absolute Gasteiger partial charge is 0.508 e. The number of aliphatic hydroxyl groups excluding tert-OH is 1. The van der Waals surface area contributed by atoms with Crippen molar-refractivity contribution in [2.24, 2.45) is 0 Å². The maximum Gasteiger partial charge on any atom is 0.120 e. The number of fused-ring (bicyclic) bond motifs is 1. The van der Waals surface area contributed by atoms with E-state index in [9.17, 15) is 5.11 Å². The molecule has 0 unspecified atom stereocenters. The Balaban J connectivity index is 1.75. The van der Waals surface area contributed by atoms with E-state index in [0.29, 0.717) is 12.4 Å². The lowest BCUT2D eigenvalue weighted by Crippen LogP contribution is -2.01. The minimum Gasteiger partial charge on any atom is -0.508 e. The van der Waals surface area contributed by atoms with Crippen molar-refractivity contribution in [1.82, 2.24) is 0 Å². The third-order valence-corrected chi connectivity index (χ3v) is 3.35. The zero-order valence-electron chi connectivity index (χ0n) is 10.7. The van der Waals surface area contributed by atoms with Crippen LogP contribution in [0.2, 0.25) is 0 Å². The molecule has 0 saturated heterocycles. The molecular weight excluding hydrogens is 236 g/mol. The summed E-state index contributed by atoms with van der Waals surface area (Å²) in [6.45, 7) is 0.571. The molecule has 1 N–H and O–H groups in total. The predicted octanol–water partition coefficient (Wildman–Crippen LogP) is 4.11. The smallest absolute Gasteiger partial charge is 0.120 e. The number of rotatable bonds is 3. The Morgan fingerprint density at radius 1 is 1.05 bits per heavy atom. The Morgan fingerprint density at radius 2 is 1.89 bits per heavy atom. The second-order valence-electron chi connectivity index (χ2n) is 4.72. The maximum atomic E-state index is 9.78. The predicted molar refractivity (Wildman–Crippen MR) is 76.1 cm³/mol. The summed E-state index contributed by atoms with van der Waals surface area (Å²) in [6.07, 6.45) is 3.72. The molecule has 0 spiro atoms. The van der Waals surface area contributed by atoms with Crippen molar-refractivity contribution in [3.05, 3.63) is 71.3 Å². The highest BCUT2D eigenvalue weighted by Gasteiger charge is 2.12. The monoisotopic (exact) mass is 252 g/mol. The Bertz CT molecular complexity index is 600. The van der Waals surface area contributed by atoms with Crippen LogP contribution in [0.1, 0.15) is 23.1 Å². The van der Waals surface area contributed by atoms with E-state index >= 15 is 0 Å². The second kappa shape index (κ2) is 5.19. The summed E-state index contributed by atoms with van der Waals surface area (Å²) in [7, 11) is 0. The Hall–Kier alpha value is -2.22. The van der Waals surface area contributed by atoms with Crippen LogP contribution in [0.25, 0.3) is 5.76 Å². The fraction of sp³-hybridized carbons (Fsp3) is 0.176. The van der Waals surface area contributed by atoms with Gasteiger partial charge in [0.1, 0.15) is 18.1 Å². The van der Waals surface area contributed by atoms with Crippen LogP contribution < -0.4 is 4.74 Å². The van der Waals surface area contributed by atoms with Gasteiger partial charge in [0.25, 0.3) is 0 Å². The van der Waals surface area contributed by atoms with Gasteiger partial charge in [-0.3, -0.25) is 0 Å². The van der Waals surface area contributed by atoms with Crippen LogP contribution in [0.15, 0.2) is 54.6 Å². The number of ether oxygens (including phenoxy) is 1. The number of aryl methyl sites for hydroxylation is 1. The molecule has 0 heterocycles. The molecule has 0 aliphatic heterocycles. The summed E-state index contributed by atoms with van der Waals surface area (Å²) in [5, 5.41) is 9.78. The average molecular weight is 252 g/mol. The molecule has 0 bridgehead atoms. The Kier molecular flexibility index (Phi) is 3.23. The minimum absolute atomic E-state index is 0.385. The fourth-order valence-electron chi connectivity index (χ4n) is 2.33. The number of hydrogen-bond acceptors (Lipinski definition) is 2. The molecular formula is C17H16O2. The molecule has 96 valence electrons. The molecule has 0 radical (unpaired) electrons. The molecule has 3 rings (SSSR count). The van der Waals surface area contributed by atoms with Crippen LogP contribution >= 0.6 is 0 Å². The number of benzene rings is 2. The summed E-state index contributed by atoms with van der Waals surface area (Å²) in [6, 6.07) is 16.0. The van der Waals surface area contributed by atoms with Crippen LogP contribution in [0.4, 0.5) is 0 Å². The van der Waals surface area contributed by atoms with Gasteiger partial charge >= 0.3 is 0 Å². The zero-order chi connectivity index (χ0) is 13.1. The van der Waals surface area contributed by atoms with Crippen molar-refractivity contribution < 1.29 is 9.84 Å². The van der Waals surface area contributed by atoms with Crippen LogP contribution in [-0.2, 0) is 13.0 Å². The van der Waals surface area contributed by atoms with Gasteiger partial charge in [-0.15, -0.1) is 0 Å². The summed E-state index contributed by atoms with van der Waals surface area (Å²) >= 11 is 0. The standard InChI is InChI=1S/C17H16O2/c18-17-8-4-7-14-11-15(9-10-16(14)17)19-12-13-5-2-1-3-6-13/h1-3,5-6,8-11,18H,4,7,12H2. The molecule has 2 aromatic rings. The van der Waals surface area contributed by atoms with Crippen LogP contribution in [0.5, 0.6) is 5.75 Å². The molecule has 1 aliphatic carbocycles. The van der Waals surface area contributed by atoms with Crippen molar-refractivity contribution >= 4 is 5.76 Å². The van der Waals surface area contributed by atoms with Crippen molar-refractivity contribution in [2.75, 3.05) is 0 Å². The van der Waals surface area contributed by atoms with Crippen molar-refractivity contribution in [3.63, 3.8) is 0 Å². The quantitative estimate of drug-likeness (QED) is 0.890. The van der Waals surface area contributed by atoms with Gasteiger partial charge in [0.2, 0.25) is 0 Å². The fourth-order valence-corrected chi connectivity index (χ4v) is 2.33. The van der Waals surface area contributed by atoms with E-state index in [0.717, 1.165) is 35.3 Å². The van der Waals surface area contributed by atoms with E-state index in [1.54, 1.807) is 0 Å². The third kappa shape index (κ3) is 2.63. The van der Waals surface area contributed by atoms with Gasteiger partial charge in [-0.25, -0.2) is 0 Å². The number of allylic oxidation sites excluding steroid dienone is 1. The van der Waals surface area contributed by atoms with Gasteiger partial charge < -0.3 is 9.84 Å². The molecule has 0 atom stereocenters. The van der Waals surface area contributed by atoms with Crippen molar-refractivity contribution in [2.45, 2.75) is 19.4 Å². The van der Waals surface area contributed by atoms with Gasteiger partial charge in [-0.1, -0.05) is 30.3 Å². The molecule has 2 heteroatoms. The van der Waals surface area contributed by atoms with Crippen LogP contribution in [0, 0.1) is 0 Å². The van der Waals surface area contributed by atoms with Crippen molar-refractivity contribution in [3.8, 4) is 5.75 Å². The molecule has 2 nitrogen and oxygen atoms in total. The lowest BCUT2D eigenvalue weighted by Gasteiger charge is -2.15. The molecule has 0 amide bonds.